The molecule has 1 saturated heterocycles. The third-order valence-corrected chi connectivity index (χ3v) is 3.60. The van der Waals surface area contributed by atoms with Crippen molar-refractivity contribution in [2.45, 2.75) is 19.4 Å². The van der Waals surface area contributed by atoms with Gasteiger partial charge >= 0.3 is 12.1 Å². The lowest BCUT2D eigenvalue weighted by atomic mass is 10.2. The Kier molecular flexibility index (Phi) is 5.96. The highest BCUT2D eigenvalue weighted by molar-refractivity contribution is 5.81. The van der Waals surface area contributed by atoms with Gasteiger partial charge in [0.25, 0.3) is 0 Å². The van der Waals surface area contributed by atoms with E-state index in [1.54, 1.807) is 0 Å². The molecule has 0 aromatic heterocycles. The van der Waals surface area contributed by atoms with E-state index in [4.69, 9.17) is 9.84 Å². The van der Waals surface area contributed by atoms with Crippen molar-refractivity contribution in [3.8, 4) is 0 Å². The molecule has 1 fully saturated rings. The summed E-state index contributed by atoms with van der Waals surface area (Å²) in [5.41, 5.74) is 0.899. The molecule has 0 aliphatic carbocycles. The number of nitrogens with zero attached hydrogens (tertiary/aromatic N) is 2. The first-order chi connectivity index (χ1) is 11.1. The van der Waals surface area contributed by atoms with E-state index < -0.39 is 12.1 Å². The fourth-order valence-corrected chi connectivity index (χ4v) is 2.38. The van der Waals surface area contributed by atoms with Gasteiger partial charge in [-0.1, -0.05) is 30.3 Å². The van der Waals surface area contributed by atoms with Crippen molar-refractivity contribution in [2.24, 2.45) is 0 Å². The Morgan fingerprint density at radius 3 is 2.57 bits per heavy atom. The SMILES string of the molecule is O=C(O)CN1CCN(C(=O)OCc2ccccc2)CCCC1=O. The lowest BCUT2D eigenvalue weighted by molar-refractivity contribution is -0.145. The zero-order valence-electron chi connectivity index (χ0n) is 12.8. The average Bonchev–Trinajstić information content (AvgIpc) is 2.53. The summed E-state index contributed by atoms with van der Waals surface area (Å²) in [6.07, 6.45) is 0.281. The number of hydrogen-bond acceptors (Lipinski definition) is 4. The Hall–Kier alpha value is -2.57. The molecule has 1 heterocycles. The molecule has 1 aromatic rings. The van der Waals surface area contributed by atoms with Crippen molar-refractivity contribution in [3.63, 3.8) is 0 Å². The summed E-state index contributed by atoms with van der Waals surface area (Å²) in [4.78, 5) is 37.5. The lowest BCUT2D eigenvalue weighted by Crippen LogP contribution is -2.45. The molecule has 23 heavy (non-hydrogen) atoms. The minimum atomic E-state index is -1.06. The van der Waals surface area contributed by atoms with Crippen molar-refractivity contribution in [1.29, 1.82) is 0 Å². The average molecular weight is 320 g/mol. The van der Waals surface area contributed by atoms with Gasteiger partial charge < -0.3 is 19.6 Å². The quantitative estimate of drug-likeness (QED) is 0.904. The smallest absolute Gasteiger partial charge is 0.410 e. The van der Waals surface area contributed by atoms with Crippen molar-refractivity contribution < 1.29 is 24.2 Å². The molecule has 7 heteroatoms. The number of ether oxygens (including phenoxy) is 1. The summed E-state index contributed by atoms with van der Waals surface area (Å²) >= 11 is 0. The number of carboxylic acids is 1. The van der Waals surface area contributed by atoms with Crippen molar-refractivity contribution in [3.05, 3.63) is 35.9 Å². The van der Waals surface area contributed by atoms with Crippen LogP contribution in [-0.2, 0) is 20.9 Å². The predicted molar refractivity (Wildman–Crippen MR) is 81.6 cm³/mol. The van der Waals surface area contributed by atoms with Crippen LogP contribution < -0.4 is 0 Å². The maximum atomic E-state index is 12.1. The highest BCUT2D eigenvalue weighted by Crippen LogP contribution is 2.09. The van der Waals surface area contributed by atoms with E-state index in [0.717, 1.165) is 5.56 Å². The van der Waals surface area contributed by atoms with Gasteiger partial charge in [-0.25, -0.2) is 4.79 Å². The Labute approximate surface area is 134 Å². The molecular weight excluding hydrogens is 300 g/mol. The topological polar surface area (TPSA) is 87.2 Å². The van der Waals surface area contributed by atoms with Crippen LogP contribution in [0.25, 0.3) is 0 Å². The number of amides is 2. The van der Waals surface area contributed by atoms with Gasteiger partial charge in [0.2, 0.25) is 5.91 Å². The maximum absolute atomic E-state index is 12.1. The molecule has 1 aliphatic rings. The van der Waals surface area contributed by atoms with Gasteiger partial charge in [-0.2, -0.15) is 0 Å². The van der Waals surface area contributed by atoms with E-state index in [2.05, 4.69) is 0 Å². The molecular formula is C16H20N2O5. The van der Waals surface area contributed by atoms with E-state index in [-0.39, 0.29) is 38.6 Å². The molecule has 2 rings (SSSR count). The molecule has 124 valence electrons. The molecule has 1 N–H and O–H groups in total. The molecule has 7 nitrogen and oxygen atoms in total. The fourth-order valence-electron chi connectivity index (χ4n) is 2.38. The minimum Gasteiger partial charge on any atom is -0.480 e. The number of rotatable bonds is 4. The summed E-state index contributed by atoms with van der Waals surface area (Å²) < 4.78 is 5.27. The Bertz CT molecular complexity index is 561. The van der Waals surface area contributed by atoms with Crippen molar-refractivity contribution in [2.75, 3.05) is 26.2 Å². The monoisotopic (exact) mass is 320 g/mol. The number of carboxylic acid groups (broad SMARTS) is 1. The fraction of sp³-hybridized carbons (Fsp3) is 0.438. The van der Waals surface area contributed by atoms with E-state index >= 15 is 0 Å². The summed E-state index contributed by atoms with van der Waals surface area (Å²) in [6.45, 7) is 0.748. The van der Waals surface area contributed by atoms with Crippen LogP contribution >= 0.6 is 0 Å². The Balaban J connectivity index is 1.87. The molecule has 0 radical (unpaired) electrons. The highest BCUT2D eigenvalue weighted by Gasteiger charge is 2.23. The van der Waals surface area contributed by atoms with Gasteiger partial charge in [-0.05, 0) is 12.0 Å². The molecule has 0 bridgehead atoms. The standard InChI is InChI=1S/C16H20N2O5/c19-14-7-4-8-17(9-10-18(14)11-15(20)21)16(22)23-12-13-5-2-1-3-6-13/h1-3,5-6H,4,7-12H2,(H,20,21). The molecule has 1 aromatic carbocycles. The van der Waals surface area contributed by atoms with E-state index in [1.165, 1.54) is 9.80 Å². The summed E-state index contributed by atoms with van der Waals surface area (Å²) in [7, 11) is 0. The molecule has 0 spiro atoms. The van der Waals surface area contributed by atoms with Gasteiger partial charge in [0.05, 0.1) is 0 Å². The summed E-state index contributed by atoms with van der Waals surface area (Å²) in [5.74, 6) is -1.25. The van der Waals surface area contributed by atoms with E-state index in [0.29, 0.717) is 13.0 Å². The van der Waals surface area contributed by atoms with Gasteiger partial charge in [-0.15, -0.1) is 0 Å². The first-order valence-electron chi connectivity index (χ1n) is 7.51. The number of carbonyl (C=O) groups is 3. The van der Waals surface area contributed by atoms with Crippen LogP contribution in [0.5, 0.6) is 0 Å². The first-order valence-corrected chi connectivity index (χ1v) is 7.51. The second kappa shape index (κ2) is 8.17. The van der Waals surface area contributed by atoms with Gasteiger partial charge in [0.1, 0.15) is 13.2 Å². The van der Waals surface area contributed by atoms with Crippen LogP contribution in [0.1, 0.15) is 18.4 Å². The van der Waals surface area contributed by atoms with E-state index in [9.17, 15) is 14.4 Å². The van der Waals surface area contributed by atoms with Crippen LogP contribution in [0.4, 0.5) is 4.79 Å². The number of aliphatic carboxylic acids is 1. The minimum absolute atomic E-state index is 0.188. The third kappa shape index (κ3) is 5.28. The van der Waals surface area contributed by atoms with Gasteiger partial charge in [0, 0.05) is 26.1 Å². The third-order valence-electron chi connectivity index (χ3n) is 3.60. The molecule has 0 unspecified atom stereocenters. The zero-order chi connectivity index (χ0) is 16.7. The van der Waals surface area contributed by atoms with Gasteiger partial charge in [-0.3, -0.25) is 9.59 Å². The van der Waals surface area contributed by atoms with Crippen LogP contribution in [0.2, 0.25) is 0 Å². The second-order valence-corrected chi connectivity index (χ2v) is 5.34. The Morgan fingerprint density at radius 2 is 1.87 bits per heavy atom. The maximum Gasteiger partial charge on any atom is 0.410 e. The number of hydrogen-bond donors (Lipinski definition) is 1. The lowest BCUT2D eigenvalue weighted by Gasteiger charge is -2.29. The summed E-state index contributed by atoms with van der Waals surface area (Å²) in [5, 5.41) is 8.83. The van der Waals surface area contributed by atoms with Crippen molar-refractivity contribution in [1.82, 2.24) is 9.80 Å². The number of benzene rings is 1. The number of carbonyl (C=O) groups excluding carboxylic acids is 2. The highest BCUT2D eigenvalue weighted by atomic mass is 16.6. The zero-order valence-corrected chi connectivity index (χ0v) is 12.8. The van der Waals surface area contributed by atoms with Crippen LogP contribution in [0.3, 0.4) is 0 Å². The Morgan fingerprint density at radius 1 is 1.13 bits per heavy atom. The predicted octanol–water partition coefficient (Wildman–Crippen LogP) is 1.33. The summed E-state index contributed by atoms with van der Waals surface area (Å²) in [6, 6.07) is 9.36. The van der Waals surface area contributed by atoms with Crippen LogP contribution in [-0.4, -0.2) is 59.1 Å². The molecule has 0 atom stereocenters. The largest absolute Gasteiger partial charge is 0.480 e. The van der Waals surface area contributed by atoms with Gasteiger partial charge in [0.15, 0.2) is 0 Å². The normalized spacial score (nSPS) is 15.7. The molecule has 0 saturated carbocycles. The van der Waals surface area contributed by atoms with Crippen LogP contribution in [0, 0.1) is 0 Å². The molecule has 1 aliphatic heterocycles. The second-order valence-electron chi connectivity index (χ2n) is 5.34. The van der Waals surface area contributed by atoms with Crippen molar-refractivity contribution >= 4 is 18.0 Å². The molecule has 2 amide bonds. The first kappa shape index (κ1) is 16.8. The van der Waals surface area contributed by atoms with E-state index in [1.807, 2.05) is 30.3 Å². The van der Waals surface area contributed by atoms with Crippen LogP contribution in [0.15, 0.2) is 30.3 Å².